The number of thiophene rings is 1. The molecule has 2 amide bonds. The molecule has 2 heterocycles. The van der Waals surface area contributed by atoms with Crippen LogP contribution in [0.2, 0.25) is 0 Å². The number of carbonyl (C=O) groups excluding carboxylic acids is 2. The number of rotatable bonds is 7. The molecule has 34 heavy (non-hydrogen) atoms. The van der Waals surface area contributed by atoms with Gasteiger partial charge < -0.3 is 10.6 Å². The smallest absolute Gasteiger partial charge is 0.355 e. The van der Waals surface area contributed by atoms with Crippen LogP contribution in [0.3, 0.4) is 0 Å². The third-order valence-corrected chi connectivity index (χ3v) is 6.83. The molecule has 7 nitrogen and oxygen atoms in total. The lowest BCUT2D eigenvalue weighted by atomic mass is 9.97. The van der Waals surface area contributed by atoms with Crippen molar-refractivity contribution in [2.75, 3.05) is 11.9 Å². The van der Waals surface area contributed by atoms with Crippen molar-refractivity contribution in [3.8, 4) is 0 Å². The van der Waals surface area contributed by atoms with E-state index in [0.29, 0.717) is 16.6 Å². The van der Waals surface area contributed by atoms with E-state index in [1.165, 1.54) is 27.9 Å². The van der Waals surface area contributed by atoms with Gasteiger partial charge in [-0.15, -0.1) is 11.3 Å². The van der Waals surface area contributed by atoms with Crippen molar-refractivity contribution in [2.45, 2.75) is 51.2 Å². The maximum Gasteiger partial charge on any atom is 0.416 e. The largest absolute Gasteiger partial charge is 0.416 e. The second kappa shape index (κ2) is 9.96. The first-order valence-corrected chi connectivity index (χ1v) is 11.8. The first kappa shape index (κ1) is 23.9. The Hall–Kier alpha value is -3.21. The molecule has 0 radical (unpaired) electrons. The van der Waals surface area contributed by atoms with Crippen molar-refractivity contribution >= 4 is 39.1 Å². The summed E-state index contributed by atoms with van der Waals surface area (Å²) in [5.74, 6) is -0.840. The Morgan fingerprint density at radius 3 is 2.74 bits per heavy atom. The number of aryl methyl sites for hydroxylation is 2. The van der Waals surface area contributed by atoms with Crippen LogP contribution in [0.25, 0.3) is 10.2 Å². The van der Waals surface area contributed by atoms with E-state index >= 15 is 0 Å². The monoisotopic (exact) mass is 492 g/mol. The molecule has 1 aliphatic rings. The van der Waals surface area contributed by atoms with E-state index in [4.69, 9.17) is 0 Å². The molecular weight excluding hydrogens is 469 g/mol. The molecule has 180 valence electrons. The zero-order valence-corrected chi connectivity index (χ0v) is 19.0. The molecule has 11 heteroatoms. The Labute approximate surface area is 197 Å². The van der Waals surface area contributed by atoms with E-state index in [0.717, 1.165) is 43.4 Å². The van der Waals surface area contributed by atoms with Gasteiger partial charge in [-0.25, -0.2) is 4.98 Å². The third kappa shape index (κ3) is 5.46. The predicted molar refractivity (Wildman–Crippen MR) is 123 cm³/mol. The summed E-state index contributed by atoms with van der Waals surface area (Å²) in [6.07, 6.45) is 1.16. The van der Waals surface area contributed by atoms with Gasteiger partial charge in [-0.3, -0.25) is 19.0 Å². The molecule has 1 aliphatic carbocycles. The van der Waals surface area contributed by atoms with Gasteiger partial charge in [0.1, 0.15) is 11.4 Å². The molecule has 0 atom stereocenters. The summed E-state index contributed by atoms with van der Waals surface area (Å²) in [5, 5.41) is 5.70. The quantitative estimate of drug-likeness (QED) is 0.490. The zero-order chi connectivity index (χ0) is 24.3. The van der Waals surface area contributed by atoms with Gasteiger partial charge in [0.05, 0.1) is 17.3 Å². The van der Waals surface area contributed by atoms with E-state index in [2.05, 4.69) is 15.6 Å². The van der Waals surface area contributed by atoms with E-state index < -0.39 is 17.6 Å². The lowest BCUT2D eigenvalue weighted by molar-refractivity contribution is -0.137. The van der Waals surface area contributed by atoms with E-state index in [1.54, 1.807) is 11.3 Å². The molecule has 0 saturated carbocycles. The summed E-state index contributed by atoms with van der Waals surface area (Å²) in [4.78, 5) is 43.5. The van der Waals surface area contributed by atoms with Crippen LogP contribution >= 0.6 is 11.3 Å². The topological polar surface area (TPSA) is 93.1 Å². The van der Waals surface area contributed by atoms with Crippen LogP contribution in [0.15, 0.2) is 35.4 Å². The highest BCUT2D eigenvalue weighted by Gasteiger charge is 2.30. The second-order valence-corrected chi connectivity index (χ2v) is 9.23. The normalized spacial score (nSPS) is 13.5. The van der Waals surface area contributed by atoms with E-state index in [-0.39, 0.29) is 36.7 Å². The summed E-state index contributed by atoms with van der Waals surface area (Å²) in [6, 6.07) is 4.39. The SMILES string of the molecule is O=C(Cn1cnc2sc3c(c2c1=O)CCCC3)NCCCC(=O)Nc1cccc(C(F)(F)F)c1. The van der Waals surface area contributed by atoms with Crippen molar-refractivity contribution in [1.82, 2.24) is 14.9 Å². The minimum absolute atomic E-state index is 0.0189. The minimum atomic E-state index is -4.49. The van der Waals surface area contributed by atoms with Gasteiger partial charge in [0.25, 0.3) is 5.56 Å². The number of amides is 2. The molecule has 2 aromatic heterocycles. The van der Waals surface area contributed by atoms with Crippen LogP contribution in [0.5, 0.6) is 0 Å². The average molecular weight is 493 g/mol. The lowest BCUT2D eigenvalue weighted by Crippen LogP contribution is -2.33. The molecule has 1 aromatic carbocycles. The fourth-order valence-electron chi connectivity index (χ4n) is 3.98. The van der Waals surface area contributed by atoms with E-state index in [1.807, 2.05) is 0 Å². The van der Waals surface area contributed by atoms with Crippen molar-refractivity contribution in [3.05, 3.63) is 57.0 Å². The molecule has 0 unspecified atom stereocenters. The van der Waals surface area contributed by atoms with Gasteiger partial charge in [-0.2, -0.15) is 13.2 Å². The summed E-state index contributed by atoms with van der Waals surface area (Å²) >= 11 is 1.54. The van der Waals surface area contributed by atoms with Crippen molar-refractivity contribution < 1.29 is 22.8 Å². The van der Waals surface area contributed by atoms with Crippen LogP contribution in [-0.2, 0) is 35.2 Å². The van der Waals surface area contributed by atoms with Gasteiger partial charge in [-0.05, 0) is 55.9 Å². The standard InChI is InChI=1S/C23H23F3N4O3S/c24-23(25,26)14-5-3-6-15(11-14)29-18(31)9-4-10-27-19(32)12-30-13-28-21-20(22(30)33)16-7-1-2-8-17(16)34-21/h3,5-6,11,13H,1-2,4,7-10,12H2,(H,27,32)(H,29,31). The molecule has 0 bridgehead atoms. The maximum atomic E-state index is 12.9. The number of halogens is 3. The molecular formula is C23H23F3N4O3S. The lowest BCUT2D eigenvalue weighted by Gasteiger charge is -2.11. The number of benzene rings is 1. The summed E-state index contributed by atoms with van der Waals surface area (Å²) in [7, 11) is 0. The zero-order valence-electron chi connectivity index (χ0n) is 18.2. The summed E-state index contributed by atoms with van der Waals surface area (Å²) in [6.45, 7) is 0.00986. The number of anilines is 1. The molecule has 3 aromatic rings. The van der Waals surface area contributed by atoms with Gasteiger partial charge >= 0.3 is 6.18 Å². The molecule has 0 saturated heterocycles. The van der Waals surface area contributed by atoms with Gasteiger partial charge in [0.15, 0.2) is 0 Å². The third-order valence-electron chi connectivity index (χ3n) is 5.63. The first-order chi connectivity index (χ1) is 16.2. The summed E-state index contributed by atoms with van der Waals surface area (Å²) in [5.41, 5.74) is 0.0514. The number of hydrogen-bond donors (Lipinski definition) is 2. The fourth-order valence-corrected chi connectivity index (χ4v) is 5.20. The molecule has 0 fully saturated rings. The van der Waals surface area contributed by atoms with Gasteiger partial charge in [0, 0.05) is 23.5 Å². The van der Waals surface area contributed by atoms with Crippen LogP contribution in [0.1, 0.15) is 41.7 Å². The van der Waals surface area contributed by atoms with Crippen molar-refractivity contribution in [3.63, 3.8) is 0 Å². The Bertz CT molecular complexity index is 1280. The highest BCUT2D eigenvalue weighted by Crippen LogP contribution is 2.33. The van der Waals surface area contributed by atoms with Crippen molar-refractivity contribution in [2.24, 2.45) is 0 Å². The van der Waals surface area contributed by atoms with Crippen molar-refractivity contribution in [1.29, 1.82) is 0 Å². The van der Waals surface area contributed by atoms with Gasteiger partial charge in [-0.1, -0.05) is 6.07 Å². The fraction of sp³-hybridized carbons (Fsp3) is 0.391. The Morgan fingerprint density at radius 1 is 1.15 bits per heavy atom. The van der Waals surface area contributed by atoms with Crippen LogP contribution in [-0.4, -0.2) is 27.9 Å². The number of fused-ring (bicyclic) bond motifs is 3. The predicted octanol–water partition coefficient (Wildman–Crippen LogP) is 3.89. The second-order valence-electron chi connectivity index (χ2n) is 8.15. The van der Waals surface area contributed by atoms with Crippen LogP contribution in [0, 0.1) is 0 Å². The Morgan fingerprint density at radius 2 is 1.94 bits per heavy atom. The average Bonchev–Trinajstić information content (AvgIpc) is 3.17. The Balaban J connectivity index is 1.26. The molecule has 0 spiro atoms. The van der Waals surface area contributed by atoms with E-state index in [9.17, 15) is 27.6 Å². The van der Waals surface area contributed by atoms with Crippen LogP contribution < -0.4 is 16.2 Å². The van der Waals surface area contributed by atoms with Crippen LogP contribution in [0.4, 0.5) is 18.9 Å². The number of hydrogen-bond acceptors (Lipinski definition) is 5. The molecule has 4 rings (SSSR count). The Kier molecular flexibility index (Phi) is 7.01. The molecule has 2 N–H and O–H groups in total. The molecule has 0 aliphatic heterocycles. The maximum absolute atomic E-state index is 12.9. The van der Waals surface area contributed by atoms with Gasteiger partial charge in [0.2, 0.25) is 11.8 Å². The summed E-state index contributed by atoms with van der Waals surface area (Å²) < 4.78 is 39.6. The highest BCUT2D eigenvalue weighted by atomic mass is 32.1. The first-order valence-electron chi connectivity index (χ1n) is 11.0. The number of carbonyl (C=O) groups is 2. The number of nitrogens with zero attached hydrogens (tertiary/aromatic N) is 2. The number of alkyl halides is 3. The number of nitrogens with one attached hydrogen (secondary N) is 2. The highest BCUT2D eigenvalue weighted by molar-refractivity contribution is 7.18. The number of aromatic nitrogens is 2. The minimum Gasteiger partial charge on any atom is -0.355 e.